The monoisotopic (exact) mass is 321 g/mol. The fraction of sp³-hybridized carbons (Fsp3) is 0.250. The highest BCUT2D eigenvalue weighted by Gasteiger charge is 2.15. The zero-order valence-electron chi connectivity index (χ0n) is 10.9. The first kappa shape index (κ1) is 14.2. The molecule has 0 fully saturated rings. The Bertz CT molecular complexity index is 568. The largest absolute Gasteiger partial charge is 0.330 e. The molecule has 1 nitrogen and oxygen atoms in total. The molecule has 19 heavy (non-hydrogen) atoms. The van der Waals surface area contributed by atoms with Gasteiger partial charge in [0.05, 0.1) is 0 Å². The van der Waals surface area contributed by atoms with Gasteiger partial charge in [0, 0.05) is 10.4 Å². The molecule has 2 aromatic rings. The number of hydrogen-bond acceptors (Lipinski definition) is 1. The number of nitrogens with two attached hydrogens (primary N) is 1. The minimum absolute atomic E-state index is 0.144. The molecule has 0 aliphatic carbocycles. The van der Waals surface area contributed by atoms with E-state index in [4.69, 9.17) is 5.73 Å². The summed E-state index contributed by atoms with van der Waals surface area (Å²) < 4.78 is 14.7. The third kappa shape index (κ3) is 3.43. The van der Waals surface area contributed by atoms with Crippen molar-refractivity contribution in [3.63, 3.8) is 0 Å². The molecule has 0 aliphatic heterocycles. The van der Waals surface area contributed by atoms with Gasteiger partial charge in [-0.05, 0) is 54.8 Å². The van der Waals surface area contributed by atoms with E-state index >= 15 is 0 Å². The van der Waals surface area contributed by atoms with Gasteiger partial charge in [0.15, 0.2) is 0 Å². The van der Waals surface area contributed by atoms with Crippen LogP contribution in [0.2, 0.25) is 0 Å². The summed E-state index contributed by atoms with van der Waals surface area (Å²) in [7, 11) is 0. The summed E-state index contributed by atoms with van der Waals surface area (Å²) in [5.41, 5.74) is 8.98. The summed E-state index contributed by atoms with van der Waals surface area (Å²) >= 11 is 3.38. The fourth-order valence-corrected chi connectivity index (χ4v) is 2.74. The molecule has 0 spiro atoms. The number of halogens is 2. The molecule has 0 saturated carbocycles. The van der Waals surface area contributed by atoms with Gasteiger partial charge in [-0.3, -0.25) is 0 Å². The first-order valence-electron chi connectivity index (χ1n) is 6.31. The van der Waals surface area contributed by atoms with Crippen molar-refractivity contribution in [1.29, 1.82) is 0 Å². The maximum Gasteiger partial charge on any atom is 0.126 e. The lowest BCUT2D eigenvalue weighted by atomic mass is 9.89. The molecular formula is C16H17BrFN. The van der Waals surface area contributed by atoms with Gasteiger partial charge >= 0.3 is 0 Å². The number of rotatable bonds is 4. The predicted molar refractivity (Wildman–Crippen MR) is 80.8 cm³/mol. The summed E-state index contributed by atoms with van der Waals surface area (Å²) in [6, 6.07) is 13.2. The lowest BCUT2D eigenvalue weighted by Gasteiger charge is -2.18. The first-order valence-corrected chi connectivity index (χ1v) is 7.10. The van der Waals surface area contributed by atoms with Crippen molar-refractivity contribution >= 4 is 15.9 Å². The van der Waals surface area contributed by atoms with Crippen LogP contribution in [0.25, 0.3) is 0 Å². The van der Waals surface area contributed by atoms with Gasteiger partial charge < -0.3 is 5.73 Å². The molecule has 0 radical (unpaired) electrons. The van der Waals surface area contributed by atoms with Gasteiger partial charge in [0.1, 0.15) is 5.82 Å². The Balaban J connectivity index is 2.29. The van der Waals surface area contributed by atoms with Gasteiger partial charge in [-0.1, -0.05) is 40.2 Å². The SMILES string of the molecule is Cc1ccccc1C(CN)Cc1cc(Br)ccc1F. The maximum absolute atomic E-state index is 13.8. The second-order valence-corrected chi connectivity index (χ2v) is 5.64. The molecule has 0 aliphatic rings. The molecule has 0 bridgehead atoms. The summed E-state index contributed by atoms with van der Waals surface area (Å²) in [6.07, 6.45) is 0.618. The minimum Gasteiger partial charge on any atom is -0.330 e. The highest BCUT2D eigenvalue weighted by molar-refractivity contribution is 9.10. The van der Waals surface area contributed by atoms with E-state index in [1.165, 1.54) is 17.2 Å². The van der Waals surface area contributed by atoms with Crippen LogP contribution in [0.5, 0.6) is 0 Å². The smallest absolute Gasteiger partial charge is 0.126 e. The molecule has 0 heterocycles. The van der Waals surface area contributed by atoms with Crippen LogP contribution >= 0.6 is 15.9 Å². The van der Waals surface area contributed by atoms with Crippen LogP contribution in [0.1, 0.15) is 22.6 Å². The normalized spacial score (nSPS) is 12.4. The Hall–Kier alpha value is -1.19. The zero-order chi connectivity index (χ0) is 13.8. The highest BCUT2D eigenvalue weighted by Crippen LogP contribution is 2.25. The Morgan fingerprint density at radius 2 is 1.95 bits per heavy atom. The second-order valence-electron chi connectivity index (χ2n) is 4.73. The molecular weight excluding hydrogens is 305 g/mol. The van der Waals surface area contributed by atoms with Crippen LogP contribution in [0.4, 0.5) is 4.39 Å². The third-order valence-electron chi connectivity index (χ3n) is 3.39. The molecule has 1 atom stereocenters. The highest BCUT2D eigenvalue weighted by atomic mass is 79.9. The van der Waals surface area contributed by atoms with E-state index in [1.807, 2.05) is 18.2 Å². The van der Waals surface area contributed by atoms with Crippen molar-refractivity contribution in [1.82, 2.24) is 0 Å². The molecule has 0 saturated heterocycles. The quantitative estimate of drug-likeness (QED) is 0.898. The van der Waals surface area contributed by atoms with Crippen LogP contribution in [-0.2, 0) is 6.42 Å². The van der Waals surface area contributed by atoms with E-state index in [-0.39, 0.29) is 11.7 Å². The molecule has 2 rings (SSSR count). The van der Waals surface area contributed by atoms with Crippen LogP contribution in [0.3, 0.4) is 0 Å². The Labute approximate surface area is 121 Å². The van der Waals surface area contributed by atoms with Crippen molar-refractivity contribution in [2.45, 2.75) is 19.3 Å². The summed E-state index contributed by atoms with van der Waals surface area (Å²) in [5, 5.41) is 0. The van der Waals surface area contributed by atoms with Gasteiger partial charge in [-0.25, -0.2) is 4.39 Å². The van der Waals surface area contributed by atoms with Crippen LogP contribution in [0, 0.1) is 12.7 Å². The fourth-order valence-electron chi connectivity index (χ4n) is 2.33. The van der Waals surface area contributed by atoms with Gasteiger partial charge in [-0.15, -0.1) is 0 Å². The Kier molecular flexibility index (Phi) is 4.72. The lowest BCUT2D eigenvalue weighted by molar-refractivity contribution is 0.589. The molecule has 2 N–H and O–H groups in total. The van der Waals surface area contributed by atoms with E-state index in [2.05, 4.69) is 35.0 Å². The molecule has 1 unspecified atom stereocenters. The molecule has 0 aromatic heterocycles. The number of aryl methyl sites for hydroxylation is 1. The average Bonchev–Trinajstić information content (AvgIpc) is 2.41. The average molecular weight is 322 g/mol. The van der Waals surface area contributed by atoms with Crippen molar-refractivity contribution in [3.05, 3.63) is 69.4 Å². The molecule has 2 aromatic carbocycles. The minimum atomic E-state index is -0.171. The predicted octanol–water partition coefficient (Wildman–Crippen LogP) is 4.18. The Morgan fingerprint density at radius 3 is 2.63 bits per heavy atom. The van der Waals surface area contributed by atoms with Crippen molar-refractivity contribution in [2.24, 2.45) is 5.73 Å². The van der Waals surface area contributed by atoms with Crippen LogP contribution in [-0.4, -0.2) is 6.54 Å². The van der Waals surface area contributed by atoms with E-state index in [0.717, 1.165) is 4.47 Å². The van der Waals surface area contributed by atoms with Gasteiger partial charge in [0.25, 0.3) is 0 Å². The van der Waals surface area contributed by atoms with Gasteiger partial charge in [0.2, 0.25) is 0 Å². The number of benzene rings is 2. The maximum atomic E-state index is 13.8. The first-order chi connectivity index (χ1) is 9.11. The lowest BCUT2D eigenvalue weighted by Crippen LogP contribution is -2.16. The summed E-state index contributed by atoms with van der Waals surface area (Å²) in [4.78, 5) is 0. The molecule has 100 valence electrons. The summed E-state index contributed by atoms with van der Waals surface area (Å²) in [6.45, 7) is 2.58. The summed E-state index contributed by atoms with van der Waals surface area (Å²) in [5.74, 6) is -0.0276. The second kappa shape index (κ2) is 6.31. The van der Waals surface area contributed by atoms with Crippen molar-refractivity contribution in [2.75, 3.05) is 6.54 Å². The van der Waals surface area contributed by atoms with Crippen molar-refractivity contribution in [3.8, 4) is 0 Å². The molecule has 3 heteroatoms. The molecule has 0 amide bonds. The standard InChI is InChI=1S/C16H17BrFN/c1-11-4-2-3-5-15(11)13(10-19)8-12-9-14(17)6-7-16(12)18/h2-7,9,13H,8,10,19H2,1H3. The van der Waals surface area contributed by atoms with E-state index in [1.54, 1.807) is 6.07 Å². The van der Waals surface area contributed by atoms with E-state index < -0.39 is 0 Å². The zero-order valence-corrected chi connectivity index (χ0v) is 12.5. The topological polar surface area (TPSA) is 26.0 Å². The van der Waals surface area contributed by atoms with Gasteiger partial charge in [-0.2, -0.15) is 0 Å². The van der Waals surface area contributed by atoms with Crippen LogP contribution < -0.4 is 5.73 Å². The van der Waals surface area contributed by atoms with E-state index in [0.29, 0.717) is 18.5 Å². The Morgan fingerprint density at radius 1 is 1.21 bits per heavy atom. The number of hydrogen-bond donors (Lipinski definition) is 1. The van der Waals surface area contributed by atoms with E-state index in [9.17, 15) is 4.39 Å². The third-order valence-corrected chi connectivity index (χ3v) is 3.88. The van der Waals surface area contributed by atoms with Crippen LogP contribution in [0.15, 0.2) is 46.9 Å². The van der Waals surface area contributed by atoms with Crippen molar-refractivity contribution < 1.29 is 4.39 Å².